The SMILES string of the molecule is c1ccc(-c2ccc(-c3nc(-c4cccc(-c5ccccc5)c4)nc(-c4ccc5ccc6oc7c(-n8c9cc%10ccccc%10cc9c9ccc%10ccccc%10c98)cccc7c6c5c4)n3)cc2)cc1. The molecule has 0 bridgehead atoms. The lowest BCUT2D eigenvalue weighted by atomic mass is 10.0. The lowest BCUT2D eigenvalue weighted by Crippen LogP contribution is -2.00. The quantitative estimate of drug-likeness (QED) is 0.167. The van der Waals surface area contributed by atoms with E-state index in [0.717, 1.165) is 82.9 Å². The summed E-state index contributed by atoms with van der Waals surface area (Å²) in [4.78, 5) is 15.6. The van der Waals surface area contributed by atoms with Crippen LogP contribution in [0.3, 0.4) is 0 Å². The van der Waals surface area contributed by atoms with Crippen molar-refractivity contribution >= 4 is 76.1 Å². The number of fused-ring (bicyclic) bond motifs is 11. The second-order valence-electron chi connectivity index (χ2n) is 17.6. The maximum atomic E-state index is 7.04. The van der Waals surface area contributed by atoms with Crippen LogP contribution in [0.1, 0.15) is 0 Å². The summed E-state index contributed by atoms with van der Waals surface area (Å²) >= 11 is 0. The summed E-state index contributed by atoms with van der Waals surface area (Å²) in [6.45, 7) is 0. The Bertz CT molecular complexity index is 4300. The first-order valence-electron chi connectivity index (χ1n) is 23.0. The van der Waals surface area contributed by atoms with E-state index in [-0.39, 0.29) is 0 Å². The Labute approximate surface area is 390 Å². The van der Waals surface area contributed by atoms with E-state index in [2.05, 4.69) is 223 Å². The van der Waals surface area contributed by atoms with Crippen LogP contribution in [0.15, 0.2) is 235 Å². The van der Waals surface area contributed by atoms with Crippen molar-refractivity contribution in [2.24, 2.45) is 0 Å². The Balaban J connectivity index is 0.969. The molecule has 14 aromatic rings. The first-order chi connectivity index (χ1) is 33.7. The summed E-state index contributed by atoms with van der Waals surface area (Å²) < 4.78 is 9.46. The molecule has 0 spiro atoms. The summed E-state index contributed by atoms with van der Waals surface area (Å²) in [5.41, 5.74) is 12.2. The molecule has 14 rings (SSSR count). The molecule has 0 unspecified atom stereocenters. The highest BCUT2D eigenvalue weighted by molar-refractivity contribution is 6.23. The minimum atomic E-state index is 0.596. The number of hydrogen-bond acceptors (Lipinski definition) is 4. The maximum absolute atomic E-state index is 7.04. The van der Waals surface area contributed by atoms with Gasteiger partial charge in [0.15, 0.2) is 23.1 Å². The lowest BCUT2D eigenvalue weighted by molar-refractivity contribution is 0.666. The normalized spacial score (nSPS) is 11.8. The molecule has 0 saturated carbocycles. The third-order valence-electron chi connectivity index (χ3n) is 13.6. The van der Waals surface area contributed by atoms with E-state index < -0.39 is 0 Å². The van der Waals surface area contributed by atoms with Gasteiger partial charge < -0.3 is 8.98 Å². The van der Waals surface area contributed by atoms with Crippen LogP contribution < -0.4 is 0 Å². The molecule has 68 heavy (non-hydrogen) atoms. The number of benzene rings is 11. The summed E-state index contributed by atoms with van der Waals surface area (Å²) in [5.74, 6) is 1.81. The molecule has 11 aromatic carbocycles. The largest absolute Gasteiger partial charge is 0.454 e. The molecule has 3 aromatic heterocycles. The summed E-state index contributed by atoms with van der Waals surface area (Å²) in [6, 6.07) is 81.6. The predicted octanol–water partition coefficient (Wildman–Crippen LogP) is 16.7. The minimum Gasteiger partial charge on any atom is -0.454 e. The van der Waals surface area contributed by atoms with Crippen LogP contribution in [0.5, 0.6) is 0 Å². The van der Waals surface area contributed by atoms with Crippen LogP contribution in [0, 0.1) is 0 Å². The zero-order chi connectivity index (χ0) is 44.7. The summed E-state index contributed by atoms with van der Waals surface area (Å²) in [6.07, 6.45) is 0. The van der Waals surface area contributed by atoms with Crippen molar-refractivity contribution in [2.75, 3.05) is 0 Å². The van der Waals surface area contributed by atoms with Gasteiger partial charge in [-0.25, -0.2) is 15.0 Å². The number of para-hydroxylation sites is 1. The first kappa shape index (κ1) is 38.1. The molecule has 0 amide bonds. The van der Waals surface area contributed by atoms with Gasteiger partial charge in [0.2, 0.25) is 0 Å². The number of hydrogen-bond donors (Lipinski definition) is 0. The summed E-state index contributed by atoms with van der Waals surface area (Å²) in [5, 5.41) is 11.5. The Morgan fingerprint density at radius 3 is 1.62 bits per heavy atom. The molecule has 0 aliphatic carbocycles. The van der Waals surface area contributed by atoms with Crippen LogP contribution in [-0.2, 0) is 0 Å². The van der Waals surface area contributed by atoms with E-state index in [0.29, 0.717) is 17.5 Å². The molecule has 0 atom stereocenters. The van der Waals surface area contributed by atoms with Crippen molar-refractivity contribution < 1.29 is 4.42 Å². The Morgan fingerprint density at radius 2 is 0.838 bits per heavy atom. The second kappa shape index (κ2) is 15.2. The molecule has 0 N–H and O–H groups in total. The van der Waals surface area contributed by atoms with Crippen LogP contribution >= 0.6 is 0 Å². The average Bonchev–Trinajstić information content (AvgIpc) is 3.96. The van der Waals surface area contributed by atoms with Crippen LogP contribution in [0.4, 0.5) is 0 Å². The lowest BCUT2D eigenvalue weighted by Gasteiger charge is -2.11. The predicted molar refractivity (Wildman–Crippen MR) is 281 cm³/mol. The van der Waals surface area contributed by atoms with E-state index in [1.54, 1.807) is 0 Å². The fourth-order valence-electron chi connectivity index (χ4n) is 10.3. The highest BCUT2D eigenvalue weighted by Crippen LogP contribution is 2.43. The van der Waals surface area contributed by atoms with Crippen LogP contribution in [0.25, 0.3) is 138 Å². The van der Waals surface area contributed by atoms with Gasteiger partial charge in [0.25, 0.3) is 0 Å². The van der Waals surface area contributed by atoms with Crippen molar-refractivity contribution in [1.82, 2.24) is 19.5 Å². The van der Waals surface area contributed by atoms with E-state index in [1.165, 1.54) is 37.8 Å². The molecule has 5 nitrogen and oxygen atoms in total. The van der Waals surface area contributed by atoms with Gasteiger partial charge in [-0.2, -0.15) is 0 Å². The number of nitrogens with zero attached hydrogens (tertiary/aromatic N) is 4. The van der Waals surface area contributed by atoms with Gasteiger partial charge in [0.05, 0.1) is 16.7 Å². The van der Waals surface area contributed by atoms with E-state index in [9.17, 15) is 0 Å². The topological polar surface area (TPSA) is 56.7 Å². The molecule has 0 aliphatic rings. The highest BCUT2D eigenvalue weighted by Gasteiger charge is 2.22. The third-order valence-corrected chi connectivity index (χ3v) is 13.6. The van der Waals surface area contributed by atoms with Crippen molar-refractivity contribution in [3.63, 3.8) is 0 Å². The maximum Gasteiger partial charge on any atom is 0.164 e. The molecule has 0 radical (unpaired) electrons. The first-order valence-corrected chi connectivity index (χ1v) is 23.0. The zero-order valence-electron chi connectivity index (χ0n) is 36.6. The van der Waals surface area contributed by atoms with Gasteiger partial charge in [0.1, 0.15) is 5.58 Å². The zero-order valence-corrected chi connectivity index (χ0v) is 36.6. The van der Waals surface area contributed by atoms with E-state index in [1.807, 2.05) is 12.1 Å². The summed E-state index contributed by atoms with van der Waals surface area (Å²) in [7, 11) is 0. The second-order valence-corrected chi connectivity index (χ2v) is 17.6. The molecule has 0 aliphatic heterocycles. The van der Waals surface area contributed by atoms with Crippen molar-refractivity contribution in [1.29, 1.82) is 0 Å². The molecule has 316 valence electrons. The Morgan fingerprint density at radius 1 is 0.309 bits per heavy atom. The molecule has 0 fully saturated rings. The monoisotopic (exact) mass is 866 g/mol. The Kier molecular flexibility index (Phi) is 8.52. The molecular formula is C63H38N4O. The van der Waals surface area contributed by atoms with E-state index in [4.69, 9.17) is 19.4 Å². The fraction of sp³-hybridized carbons (Fsp3) is 0. The van der Waals surface area contributed by atoms with E-state index >= 15 is 0 Å². The van der Waals surface area contributed by atoms with Crippen molar-refractivity contribution in [2.45, 2.75) is 0 Å². The third kappa shape index (κ3) is 6.14. The van der Waals surface area contributed by atoms with Crippen LogP contribution in [-0.4, -0.2) is 19.5 Å². The van der Waals surface area contributed by atoms with Gasteiger partial charge in [0, 0.05) is 43.6 Å². The van der Waals surface area contributed by atoms with Gasteiger partial charge in [-0.3, -0.25) is 0 Å². The standard InChI is InChI=1S/C63H38N4O/c1-3-13-39(14-4-1)41-25-28-44(29-26-41)61-64-62(48-21-11-20-45(35-48)40-15-5-2-6-16-40)66-63(65-61)49-30-27-43-32-34-57-58(53(43)37-49)52-23-12-24-55(60(52)68-57)67-56-38-47-19-8-7-18-46(47)36-54(56)51-33-31-42-17-9-10-22-50(42)59(51)67/h1-38H. The molecule has 3 heterocycles. The van der Waals surface area contributed by atoms with Crippen molar-refractivity contribution in [3.8, 4) is 62.1 Å². The van der Waals surface area contributed by atoms with Gasteiger partial charge in [-0.1, -0.05) is 194 Å². The van der Waals surface area contributed by atoms with Gasteiger partial charge >= 0.3 is 0 Å². The number of rotatable bonds is 6. The number of furan rings is 1. The minimum absolute atomic E-state index is 0.596. The van der Waals surface area contributed by atoms with Crippen molar-refractivity contribution in [3.05, 3.63) is 231 Å². The average molecular weight is 867 g/mol. The Hall–Kier alpha value is -9.19. The molecule has 5 heteroatoms. The highest BCUT2D eigenvalue weighted by atomic mass is 16.3. The van der Waals surface area contributed by atoms with Gasteiger partial charge in [-0.15, -0.1) is 0 Å². The number of aromatic nitrogens is 4. The molecular weight excluding hydrogens is 829 g/mol. The fourth-order valence-corrected chi connectivity index (χ4v) is 10.3. The molecule has 0 saturated heterocycles. The van der Waals surface area contributed by atoms with Crippen LogP contribution in [0.2, 0.25) is 0 Å². The smallest absolute Gasteiger partial charge is 0.164 e. The van der Waals surface area contributed by atoms with Gasteiger partial charge in [-0.05, 0) is 85.6 Å².